The molecule has 0 saturated carbocycles. The molecule has 4 atom stereocenters. The van der Waals surface area contributed by atoms with Crippen LogP contribution >= 0.6 is 11.3 Å². The molecule has 0 spiro atoms. The lowest BCUT2D eigenvalue weighted by atomic mass is 9.85. The molecule has 0 radical (unpaired) electrons. The van der Waals surface area contributed by atoms with Gasteiger partial charge in [0.2, 0.25) is 23.6 Å². The van der Waals surface area contributed by atoms with E-state index < -0.39 is 29.5 Å². The zero-order chi connectivity index (χ0) is 44.1. The molecule has 13 nitrogen and oxygen atoms in total. The lowest BCUT2D eigenvalue weighted by molar-refractivity contribution is -0.144. The maximum absolute atomic E-state index is 14.0. The molecule has 2 heterocycles. The van der Waals surface area contributed by atoms with Gasteiger partial charge in [-0.2, -0.15) is 0 Å². The first-order chi connectivity index (χ1) is 29.1. The summed E-state index contributed by atoms with van der Waals surface area (Å²) in [5.74, 6) is -1.29. The maximum atomic E-state index is 14.0. The summed E-state index contributed by atoms with van der Waals surface area (Å²) in [6.45, 7) is 12.2. The SMILES string of the molecule is CCCNNC(=O)c1ccc(-c2ccc(NC(=O)CCCCCCC(=O)NC(C(=O)N3CC(O)CC3C(=O)NC(C)c3ccc(-c4scnc4C)cc3)C(C)(C)C)cc2)cc1. The number of carbonyl (C=O) groups excluding carboxylic acids is 5. The zero-order valence-electron chi connectivity index (χ0n) is 36.2. The lowest BCUT2D eigenvalue weighted by Crippen LogP contribution is -2.57. The number of likely N-dealkylation sites (tertiary alicyclic amines) is 1. The van der Waals surface area contributed by atoms with E-state index in [1.54, 1.807) is 23.5 Å². The van der Waals surface area contributed by atoms with Crippen molar-refractivity contribution in [2.75, 3.05) is 18.4 Å². The molecule has 5 rings (SSSR count). The Bertz CT molecular complexity index is 2100. The van der Waals surface area contributed by atoms with Crippen molar-refractivity contribution in [1.29, 1.82) is 0 Å². The highest BCUT2D eigenvalue weighted by atomic mass is 32.1. The van der Waals surface area contributed by atoms with Crippen LogP contribution in [-0.4, -0.2) is 75.8 Å². The average molecular weight is 852 g/mol. The van der Waals surface area contributed by atoms with Gasteiger partial charge in [0.25, 0.3) is 5.91 Å². The number of hydrogen-bond donors (Lipinski definition) is 6. The van der Waals surface area contributed by atoms with Crippen molar-refractivity contribution in [2.45, 2.75) is 117 Å². The standard InChI is InChI=1S/C47H61N7O6S/c1-7-26-49-53-44(58)36-20-16-33(17-21-36)34-22-24-37(25-23-34)51-40(56)12-10-8-9-11-13-41(57)52-43(47(4,5)6)46(60)54-28-38(55)27-39(54)45(59)50-30(2)32-14-18-35(19-15-32)42-31(3)48-29-61-42/h14-25,29-30,38-39,43,49,55H,7-13,26-28H2,1-6H3,(H,50,59)(H,51,56)(H,52,57)(H,53,58). The number of aliphatic hydroxyl groups excluding tert-OH is 1. The summed E-state index contributed by atoms with van der Waals surface area (Å²) in [6, 6.07) is 20.7. The average Bonchev–Trinajstić information content (AvgIpc) is 3.86. The summed E-state index contributed by atoms with van der Waals surface area (Å²) >= 11 is 1.58. The predicted octanol–water partition coefficient (Wildman–Crippen LogP) is 7.08. The number of benzene rings is 3. The minimum atomic E-state index is -0.898. The highest BCUT2D eigenvalue weighted by Crippen LogP contribution is 2.30. The molecule has 5 amide bonds. The molecule has 6 N–H and O–H groups in total. The predicted molar refractivity (Wildman–Crippen MR) is 240 cm³/mol. The summed E-state index contributed by atoms with van der Waals surface area (Å²) in [5.41, 5.74) is 12.8. The normalized spacial score (nSPS) is 16.1. The number of thiazole rings is 1. The molecule has 1 aliphatic rings. The Morgan fingerprint density at radius 3 is 2.03 bits per heavy atom. The van der Waals surface area contributed by atoms with Crippen LogP contribution in [0.3, 0.4) is 0 Å². The van der Waals surface area contributed by atoms with Gasteiger partial charge in [-0.3, -0.25) is 29.4 Å². The van der Waals surface area contributed by atoms with E-state index in [1.165, 1.54) is 4.90 Å². The Morgan fingerprint density at radius 2 is 1.44 bits per heavy atom. The van der Waals surface area contributed by atoms with Crippen molar-refractivity contribution < 1.29 is 29.1 Å². The van der Waals surface area contributed by atoms with Crippen LogP contribution in [0.15, 0.2) is 78.3 Å². The van der Waals surface area contributed by atoms with E-state index in [0.717, 1.165) is 52.1 Å². The second-order valence-corrected chi connectivity index (χ2v) is 17.7. The second-order valence-electron chi connectivity index (χ2n) is 16.9. The number of amides is 5. The lowest BCUT2D eigenvalue weighted by Gasteiger charge is -2.35. The molecule has 326 valence electrons. The van der Waals surface area contributed by atoms with Crippen molar-refractivity contribution in [3.05, 3.63) is 95.1 Å². The molecule has 1 saturated heterocycles. The topological polar surface area (TPSA) is 182 Å². The largest absolute Gasteiger partial charge is 0.391 e. The minimum Gasteiger partial charge on any atom is -0.391 e. The number of aliphatic hydroxyl groups is 1. The molecule has 1 fully saturated rings. The van der Waals surface area contributed by atoms with Gasteiger partial charge in [-0.05, 0) is 85.0 Å². The summed E-state index contributed by atoms with van der Waals surface area (Å²) in [7, 11) is 0. The molecule has 4 unspecified atom stereocenters. The number of hydrazine groups is 1. The third-order valence-corrected chi connectivity index (χ3v) is 11.8. The van der Waals surface area contributed by atoms with Gasteiger partial charge in [-0.25, -0.2) is 10.4 Å². The van der Waals surface area contributed by atoms with Crippen LogP contribution in [0.1, 0.15) is 114 Å². The number of carbonyl (C=O) groups is 5. The maximum Gasteiger partial charge on any atom is 0.265 e. The second kappa shape index (κ2) is 21.9. The van der Waals surface area contributed by atoms with Gasteiger partial charge in [0, 0.05) is 43.6 Å². The van der Waals surface area contributed by atoms with Gasteiger partial charge in [0.15, 0.2) is 0 Å². The van der Waals surface area contributed by atoms with Crippen LogP contribution in [0, 0.1) is 12.3 Å². The van der Waals surface area contributed by atoms with Crippen molar-refractivity contribution in [2.24, 2.45) is 5.41 Å². The third kappa shape index (κ3) is 13.3. The first-order valence-electron chi connectivity index (χ1n) is 21.3. The number of β-amino-alcohol motifs (C(OH)–C–C–N with tert-alkyl or cyclic N) is 1. The van der Waals surface area contributed by atoms with Gasteiger partial charge in [0.05, 0.1) is 28.2 Å². The van der Waals surface area contributed by atoms with Crippen LogP contribution in [0.2, 0.25) is 0 Å². The number of nitrogens with one attached hydrogen (secondary N) is 5. The monoisotopic (exact) mass is 851 g/mol. The summed E-state index contributed by atoms with van der Waals surface area (Å²) in [6.07, 6.45) is 3.50. The number of aromatic nitrogens is 1. The van der Waals surface area contributed by atoms with Crippen LogP contribution in [0.5, 0.6) is 0 Å². The van der Waals surface area contributed by atoms with Crippen LogP contribution in [0.25, 0.3) is 21.6 Å². The zero-order valence-corrected chi connectivity index (χ0v) is 37.0. The Morgan fingerprint density at radius 1 is 0.836 bits per heavy atom. The number of nitrogens with zero attached hydrogens (tertiary/aromatic N) is 2. The summed E-state index contributed by atoms with van der Waals surface area (Å²) in [4.78, 5) is 72.6. The van der Waals surface area contributed by atoms with E-state index >= 15 is 0 Å². The number of unbranched alkanes of at least 4 members (excludes halogenated alkanes) is 3. The van der Waals surface area contributed by atoms with E-state index in [4.69, 9.17) is 0 Å². The molecule has 14 heteroatoms. The number of anilines is 1. The number of rotatable bonds is 19. The van der Waals surface area contributed by atoms with Crippen molar-refractivity contribution in [3.8, 4) is 21.6 Å². The third-order valence-electron chi connectivity index (χ3n) is 10.8. The molecule has 0 aliphatic carbocycles. The van der Waals surface area contributed by atoms with Crippen molar-refractivity contribution in [3.63, 3.8) is 0 Å². The van der Waals surface area contributed by atoms with E-state index in [0.29, 0.717) is 37.1 Å². The molecular weight excluding hydrogens is 791 g/mol. The Balaban J connectivity index is 1.03. The van der Waals surface area contributed by atoms with E-state index in [2.05, 4.69) is 31.8 Å². The van der Waals surface area contributed by atoms with E-state index in [1.807, 2.05) is 108 Å². The molecule has 4 aromatic rings. The van der Waals surface area contributed by atoms with Gasteiger partial charge < -0.3 is 26.0 Å². The van der Waals surface area contributed by atoms with Crippen LogP contribution in [0.4, 0.5) is 5.69 Å². The fourth-order valence-electron chi connectivity index (χ4n) is 7.30. The molecular formula is C47H61N7O6S. The molecule has 61 heavy (non-hydrogen) atoms. The Labute approximate surface area is 363 Å². The number of aryl methyl sites for hydroxylation is 1. The minimum absolute atomic E-state index is 0.00394. The van der Waals surface area contributed by atoms with Crippen molar-refractivity contribution in [1.82, 2.24) is 31.4 Å². The molecule has 1 aromatic heterocycles. The van der Waals surface area contributed by atoms with E-state index in [9.17, 15) is 29.1 Å². The smallest absolute Gasteiger partial charge is 0.265 e. The molecule has 1 aliphatic heterocycles. The van der Waals surface area contributed by atoms with Crippen molar-refractivity contribution >= 4 is 46.6 Å². The first kappa shape index (κ1) is 46.6. The summed E-state index contributed by atoms with van der Waals surface area (Å²) in [5, 5.41) is 19.5. The Kier molecular flexibility index (Phi) is 16.7. The fraction of sp³-hybridized carbons (Fsp3) is 0.447. The van der Waals surface area contributed by atoms with Crippen LogP contribution in [-0.2, 0) is 19.2 Å². The van der Waals surface area contributed by atoms with Gasteiger partial charge in [-0.1, -0.05) is 89.1 Å². The van der Waals surface area contributed by atoms with Gasteiger partial charge in [-0.15, -0.1) is 11.3 Å². The number of hydrogen-bond acceptors (Lipinski definition) is 9. The highest BCUT2D eigenvalue weighted by molar-refractivity contribution is 7.13. The molecule has 3 aromatic carbocycles. The van der Waals surface area contributed by atoms with E-state index in [-0.39, 0.29) is 49.1 Å². The molecule has 0 bridgehead atoms. The summed E-state index contributed by atoms with van der Waals surface area (Å²) < 4.78 is 0. The van der Waals surface area contributed by atoms with Gasteiger partial charge >= 0.3 is 0 Å². The first-order valence-corrected chi connectivity index (χ1v) is 22.1. The highest BCUT2D eigenvalue weighted by Gasteiger charge is 2.44. The Hall–Kier alpha value is -5.44. The van der Waals surface area contributed by atoms with Gasteiger partial charge in [0.1, 0.15) is 12.1 Å². The van der Waals surface area contributed by atoms with Crippen LogP contribution < -0.4 is 26.8 Å². The fourth-order valence-corrected chi connectivity index (χ4v) is 8.11. The quantitative estimate of drug-likeness (QED) is 0.0428.